The highest BCUT2D eigenvalue weighted by Crippen LogP contribution is 2.39. The first kappa shape index (κ1) is 34.9. The van der Waals surface area contributed by atoms with Crippen molar-refractivity contribution in [1.82, 2.24) is 5.32 Å². The van der Waals surface area contributed by atoms with Crippen LogP contribution in [-0.2, 0) is 52.7 Å². The molecule has 244 valence electrons. The lowest BCUT2D eigenvalue weighted by molar-refractivity contribution is -0.270. The molecule has 0 bridgehead atoms. The van der Waals surface area contributed by atoms with Gasteiger partial charge in [0.25, 0.3) is 0 Å². The van der Waals surface area contributed by atoms with Crippen molar-refractivity contribution in [2.24, 2.45) is 0 Å². The summed E-state index contributed by atoms with van der Waals surface area (Å²) in [4.78, 5) is 31.2. The van der Waals surface area contributed by atoms with Crippen LogP contribution in [0.4, 0.5) is 0 Å². The highest BCUT2D eigenvalue weighted by molar-refractivity contribution is 7.46. The monoisotopic (exact) mass is 641 g/mol. The zero-order valence-corrected chi connectivity index (χ0v) is 26.5. The molecule has 5 atom stereocenters. The number of phosphoric acid groups is 1. The summed E-state index contributed by atoms with van der Waals surface area (Å²) in [5.41, 5.74) is 2.84. The van der Waals surface area contributed by atoms with Gasteiger partial charge in [0.15, 0.2) is 0 Å². The van der Waals surface area contributed by atoms with E-state index in [9.17, 15) is 19.1 Å². The molecule has 1 aliphatic rings. The molecule has 3 aromatic carbocycles. The smallest absolute Gasteiger partial charge is 0.368 e. The van der Waals surface area contributed by atoms with E-state index >= 15 is 0 Å². The minimum absolute atomic E-state index is 0.00897. The largest absolute Gasteiger partial charge is 0.469 e. The van der Waals surface area contributed by atoms with Crippen molar-refractivity contribution in [3.05, 3.63) is 108 Å². The molecular weight excluding hydrogens is 597 g/mol. The number of hydrogen-bond acceptors (Lipinski definition) is 7. The van der Waals surface area contributed by atoms with Crippen LogP contribution in [0.25, 0.3) is 0 Å². The Morgan fingerprint density at radius 3 is 1.69 bits per heavy atom. The molecule has 1 heterocycles. The summed E-state index contributed by atoms with van der Waals surface area (Å²) in [6.07, 6.45) is -1.18. The molecule has 10 nitrogen and oxygen atoms in total. The van der Waals surface area contributed by atoms with E-state index in [2.05, 4.69) is 5.32 Å². The van der Waals surface area contributed by atoms with Gasteiger partial charge in [-0.25, -0.2) is 4.57 Å². The van der Waals surface area contributed by atoms with Crippen LogP contribution in [0.1, 0.15) is 49.3 Å². The second kappa shape index (κ2) is 18.3. The number of amides is 1. The summed E-state index contributed by atoms with van der Waals surface area (Å²) >= 11 is 0. The Kier molecular flexibility index (Phi) is 14.2. The van der Waals surface area contributed by atoms with Gasteiger partial charge < -0.3 is 34.1 Å². The lowest BCUT2D eigenvalue weighted by Gasteiger charge is -2.46. The fourth-order valence-corrected chi connectivity index (χ4v) is 5.61. The van der Waals surface area contributed by atoms with E-state index in [4.69, 9.17) is 23.5 Å². The standard InChI is InChI=1S/C34H44NO9P/c1-2-13-31(36)35-21-12-20-29-32(40-22-26-14-6-3-7-15-26)34(42-24-28-18-10-5-11-19-28)33(30(44-29)25-43-45(37,38)39)41-23-27-16-8-4-9-17-27/h3-11,14-19,29-30,32-34H,2,12-13,20-25H2,1H3,(H,35,36)(H2,37,38,39). The number of benzene rings is 3. The number of hydrogen-bond donors (Lipinski definition) is 3. The maximum atomic E-state index is 12.1. The van der Waals surface area contributed by atoms with Crippen LogP contribution in [0.2, 0.25) is 0 Å². The maximum absolute atomic E-state index is 12.1. The predicted molar refractivity (Wildman–Crippen MR) is 169 cm³/mol. The molecule has 1 aliphatic heterocycles. The van der Waals surface area contributed by atoms with Gasteiger partial charge in [0.2, 0.25) is 5.91 Å². The third-order valence-corrected chi connectivity index (χ3v) is 7.94. The Labute approximate surface area is 265 Å². The van der Waals surface area contributed by atoms with Crippen molar-refractivity contribution < 1.29 is 42.6 Å². The van der Waals surface area contributed by atoms with Crippen LogP contribution in [0, 0.1) is 0 Å². The van der Waals surface area contributed by atoms with Gasteiger partial charge >= 0.3 is 7.82 Å². The van der Waals surface area contributed by atoms with Gasteiger partial charge in [-0.05, 0) is 36.0 Å². The Morgan fingerprint density at radius 1 is 0.756 bits per heavy atom. The van der Waals surface area contributed by atoms with Gasteiger partial charge in [-0.15, -0.1) is 0 Å². The third-order valence-electron chi connectivity index (χ3n) is 7.46. The van der Waals surface area contributed by atoms with Crippen molar-refractivity contribution >= 4 is 13.7 Å². The lowest BCUT2D eigenvalue weighted by Crippen LogP contribution is -2.61. The van der Waals surface area contributed by atoms with Crippen LogP contribution < -0.4 is 5.32 Å². The van der Waals surface area contributed by atoms with E-state index in [1.165, 1.54) is 0 Å². The van der Waals surface area contributed by atoms with Crippen molar-refractivity contribution in [2.75, 3.05) is 13.2 Å². The average Bonchev–Trinajstić information content (AvgIpc) is 3.04. The summed E-state index contributed by atoms with van der Waals surface area (Å²) in [5, 5.41) is 2.94. The van der Waals surface area contributed by atoms with Crippen LogP contribution in [0.15, 0.2) is 91.0 Å². The fraction of sp³-hybridized carbons (Fsp3) is 0.441. The number of carbonyl (C=O) groups excluding carboxylic acids is 1. The van der Waals surface area contributed by atoms with Gasteiger partial charge in [0.05, 0.1) is 32.5 Å². The van der Waals surface area contributed by atoms with Crippen molar-refractivity contribution in [1.29, 1.82) is 0 Å². The summed E-state index contributed by atoms with van der Waals surface area (Å²) in [6.45, 7) is 2.76. The molecule has 3 aromatic rings. The fourth-order valence-electron chi connectivity index (χ4n) is 5.27. The molecule has 0 aliphatic carbocycles. The second-order valence-corrected chi connectivity index (χ2v) is 12.3. The number of phosphoric ester groups is 1. The van der Waals surface area contributed by atoms with Gasteiger partial charge in [-0.2, -0.15) is 0 Å². The Hall–Kier alpha value is -2.92. The van der Waals surface area contributed by atoms with Crippen molar-refractivity contribution in [2.45, 2.75) is 82.9 Å². The first-order valence-corrected chi connectivity index (χ1v) is 16.9. The molecule has 3 N–H and O–H groups in total. The molecule has 1 fully saturated rings. The number of rotatable bonds is 18. The third kappa shape index (κ3) is 12.1. The molecule has 1 saturated heterocycles. The van der Waals surface area contributed by atoms with Crippen LogP contribution in [-0.4, -0.2) is 59.4 Å². The molecule has 0 aromatic heterocycles. The molecular formula is C34H44NO9P. The molecule has 1 amide bonds. The minimum atomic E-state index is -4.81. The van der Waals surface area contributed by atoms with E-state index in [0.717, 1.165) is 23.1 Å². The Balaban J connectivity index is 1.62. The average molecular weight is 642 g/mol. The SMILES string of the molecule is CCCC(=O)NCCCC1OC(COP(=O)(O)O)C(OCc2ccccc2)C(OCc2ccccc2)C1OCc1ccccc1. The molecule has 45 heavy (non-hydrogen) atoms. The topological polar surface area (TPSA) is 133 Å². The highest BCUT2D eigenvalue weighted by atomic mass is 31.2. The summed E-state index contributed by atoms with van der Waals surface area (Å²) < 4.78 is 42.8. The maximum Gasteiger partial charge on any atom is 0.469 e. The molecule has 0 radical (unpaired) electrons. The van der Waals surface area contributed by atoms with Crippen LogP contribution in [0.3, 0.4) is 0 Å². The van der Waals surface area contributed by atoms with Crippen LogP contribution in [0.5, 0.6) is 0 Å². The summed E-state index contributed by atoms with van der Waals surface area (Å²) in [6, 6.07) is 29.1. The lowest BCUT2D eigenvalue weighted by atomic mass is 9.91. The first-order chi connectivity index (χ1) is 21.8. The second-order valence-electron chi connectivity index (χ2n) is 11.0. The predicted octanol–water partition coefficient (Wildman–Crippen LogP) is 5.32. The molecule has 11 heteroatoms. The summed E-state index contributed by atoms with van der Waals surface area (Å²) in [5.74, 6) is -0.00897. The first-order valence-electron chi connectivity index (χ1n) is 15.4. The Morgan fingerprint density at radius 2 is 1.22 bits per heavy atom. The number of nitrogens with one attached hydrogen (secondary N) is 1. The van der Waals surface area contributed by atoms with E-state index in [1.54, 1.807) is 0 Å². The van der Waals surface area contributed by atoms with Crippen molar-refractivity contribution in [3.8, 4) is 0 Å². The van der Waals surface area contributed by atoms with Gasteiger partial charge in [-0.3, -0.25) is 9.32 Å². The van der Waals surface area contributed by atoms with Gasteiger partial charge in [-0.1, -0.05) is 97.9 Å². The molecule has 0 spiro atoms. The minimum Gasteiger partial charge on any atom is -0.368 e. The summed E-state index contributed by atoms with van der Waals surface area (Å²) in [7, 11) is -4.81. The van der Waals surface area contributed by atoms with E-state index in [1.807, 2.05) is 97.9 Å². The van der Waals surface area contributed by atoms with E-state index in [-0.39, 0.29) is 19.1 Å². The molecule has 0 saturated carbocycles. The van der Waals surface area contributed by atoms with Crippen LogP contribution >= 0.6 is 7.82 Å². The molecule has 4 rings (SSSR count). The van der Waals surface area contributed by atoms with E-state index in [0.29, 0.717) is 32.4 Å². The normalized spacial score (nSPS) is 21.8. The van der Waals surface area contributed by atoms with Gasteiger partial charge in [0.1, 0.15) is 24.4 Å². The van der Waals surface area contributed by atoms with Crippen molar-refractivity contribution in [3.63, 3.8) is 0 Å². The zero-order chi connectivity index (χ0) is 31.9. The van der Waals surface area contributed by atoms with Gasteiger partial charge in [0, 0.05) is 13.0 Å². The highest BCUT2D eigenvalue weighted by Gasteiger charge is 2.48. The number of ether oxygens (including phenoxy) is 4. The number of carbonyl (C=O) groups is 1. The zero-order valence-electron chi connectivity index (χ0n) is 25.6. The molecule has 5 unspecified atom stereocenters. The Bertz CT molecular complexity index is 1310. The van der Waals surface area contributed by atoms with E-state index < -0.39 is 44.9 Å². The quantitative estimate of drug-likeness (QED) is 0.125.